The summed E-state index contributed by atoms with van der Waals surface area (Å²) in [6.07, 6.45) is -0.377. The smallest absolute Gasteiger partial charge is 0.322 e. The van der Waals surface area contributed by atoms with Gasteiger partial charge in [-0.1, -0.05) is 0 Å². The molecule has 1 aliphatic rings. The summed E-state index contributed by atoms with van der Waals surface area (Å²) in [6.45, 7) is 0.235. The molecule has 0 aromatic rings. The number of β-amino-alcohol motifs (C(OH)–C–C–N with tert-alkyl or cyclic N) is 1. The minimum atomic E-state index is -0.980. The number of hydrogen-bond donors (Lipinski definition) is 2. The van der Waals surface area contributed by atoms with Crippen molar-refractivity contribution < 1.29 is 15.0 Å². The Balaban J connectivity index is 2.54. The zero-order valence-electron chi connectivity index (χ0n) is 5.20. The lowest BCUT2D eigenvalue weighted by Crippen LogP contribution is -2.28. The number of rotatable bonds is 1. The van der Waals surface area contributed by atoms with Gasteiger partial charge in [0.15, 0.2) is 0 Å². The molecule has 1 heterocycles. The van der Waals surface area contributed by atoms with Crippen LogP contribution in [0.2, 0.25) is 0 Å². The molecule has 4 nitrogen and oxygen atoms in total. The number of nitrogens with zero attached hydrogens (tertiary/aromatic N) is 1. The first-order valence-electron chi connectivity index (χ1n) is 2.94. The minimum Gasteiger partial charge on any atom is -0.480 e. The Labute approximate surface area is 63.1 Å². The molecular formula is C5H8ClNO3. The second-order valence-corrected chi connectivity index (χ2v) is 2.76. The molecule has 0 aromatic heterocycles. The molecule has 0 bridgehead atoms. The van der Waals surface area contributed by atoms with E-state index in [0.717, 1.165) is 4.42 Å². The number of aliphatic carboxylic acids is 1. The Morgan fingerprint density at radius 3 is 2.50 bits per heavy atom. The number of halogens is 1. The fourth-order valence-corrected chi connectivity index (χ4v) is 1.32. The Bertz CT molecular complexity index is 152. The number of carboxylic acid groups (broad SMARTS) is 1. The quantitative estimate of drug-likeness (QED) is 0.522. The highest BCUT2D eigenvalue weighted by atomic mass is 35.5. The van der Waals surface area contributed by atoms with Crippen molar-refractivity contribution in [1.29, 1.82) is 0 Å². The average Bonchev–Trinajstić information content (AvgIpc) is 2.10. The summed E-state index contributed by atoms with van der Waals surface area (Å²) in [5.74, 6) is -0.980. The van der Waals surface area contributed by atoms with E-state index in [-0.39, 0.29) is 13.0 Å². The van der Waals surface area contributed by atoms with E-state index < -0.39 is 18.1 Å². The first kappa shape index (κ1) is 7.78. The molecular weight excluding hydrogens is 158 g/mol. The van der Waals surface area contributed by atoms with Crippen LogP contribution in [0, 0.1) is 0 Å². The van der Waals surface area contributed by atoms with Gasteiger partial charge in [-0.2, -0.15) is 0 Å². The number of carboxylic acids is 1. The van der Waals surface area contributed by atoms with Crippen LogP contribution in [-0.4, -0.2) is 39.3 Å². The van der Waals surface area contributed by atoms with Crippen molar-refractivity contribution >= 4 is 17.7 Å². The Hall–Kier alpha value is -0.320. The van der Waals surface area contributed by atoms with Crippen molar-refractivity contribution in [1.82, 2.24) is 4.42 Å². The van der Waals surface area contributed by atoms with Gasteiger partial charge >= 0.3 is 5.97 Å². The van der Waals surface area contributed by atoms with Crippen LogP contribution >= 0.6 is 11.8 Å². The normalized spacial score (nSPS) is 34.6. The summed E-state index contributed by atoms with van der Waals surface area (Å²) in [5.41, 5.74) is 0. The van der Waals surface area contributed by atoms with Crippen LogP contribution < -0.4 is 0 Å². The number of carbonyl (C=O) groups is 1. The molecule has 0 saturated carbocycles. The highest BCUT2D eigenvalue weighted by Crippen LogP contribution is 2.19. The van der Waals surface area contributed by atoms with Crippen LogP contribution in [-0.2, 0) is 4.79 Å². The molecule has 0 aliphatic carbocycles. The summed E-state index contributed by atoms with van der Waals surface area (Å²) >= 11 is 5.46. The summed E-state index contributed by atoms with van der Waals surface area (Å²) in [7, 11) is 0. The molecule has 10 heavy (non-hydrogen) atoms. The second kappa shape index (κ2) is 2.74. The van der Waals surface area contributed by atoms with Crippen molar-refractivity contribution in [3.8, 4) is 0 Å². The zero-order valence-corrected chi connectivity index (χ0v) is 5.95. The Morgan fingerprint density at radius 2 is 2.30 bits per heavy atom. The SMILES string of the molecule is O=C(O)[C@@H]1C[C@@H](O)CN1Cl. The molecule has 0 aromatic carbocycles. The van der Waals surface area contributed by atoms with E-state index in [9.17, 15) is 4.79 Å². The fourth-order valence-electron chi connectivity index (χ4n) is 0.996. The molecule has 1 saturated heterocycles. The van der Waals surface area contributed by atoms with Gasteiger partial charge in [-0.3, -0.25) is 4.79 Å². The molecule has 0 spiro atoms. The van der Waals surface area contributed by atoms with E-state index in [1.54, 1.807) is 0 Å². The monoisotopic (exact) mass is 165 g/mol. The zero-order chi connectivity index (χ0) is 7.72. The lowest BCUT2D eigenvalue weighted by Gasteiger charge is -2.09. The van der Waals surface area contributed by atoms with E-state index in [2.05, 4.69) is 0 Å². The van der Waals surface area contributed by atoms with Gasteiger partial charge in [0.1, 0.15) is 6.04 Å². The van der Waals surface area contributed by atoms with Gasteiger partial charge in [0.2, 0.25) is 0 Å². The van der Waals surface area contributed by atoms with Gasteiger partial charge in [-0.05, 0) is 11.8 Å². The maximum atomic E-state index is 10.3. The maximum absolute atomic E-state index is 10.3. The lowest BCUT2D eigenvalue weighted by atomic mass is 10.2. The minimum absolute atomic E-state index is 0.221. The summed E-state index contributed by atoms with van der Waals surface area (Å²) in [6, 6.07) is -0.725. The Kier molecular flexibility index (Phi) is 2.13. The molecule has 2 N–H and O–H groups in total. The first-order chi connectivity index (χ1) is 4.61. The highest BCUT2D eigenvalue weighted by Gasteiger charge is 2.34. The molecule has 0 amide bonds. The van der Waals surface area contributed by atoms with Crippen molar-refractivity contribution in [2.24, 2.45) is 0 Å². The number of aliphatic hydroxyl groups excluding tert-OH is 1. The topological polar surface area (TPSA) is 60.8 Å². The van der Waals surface area contributed by atoms with Crippen LogP contribution in [0.25, 0.3) is 0 Å². The van der Waals surface area contributed by atoms with Crippen molar-refractivity contribution in [3.05, 3.63) is 0 Å². The average molecular weight is 166 g/mol. The van der Waals surface area contributed by atoms with Gasteiger partial charge in [-0.25, -0.2) is 4.42 Å². The lowest BCUT2D eigenvalue weighted by molar-refractivity contribution is -0.140. The van der Waals surface area contributed by atoms with Crippen molar-refractivity contribution in [2.75, 3.05) is 6.54 Å². The fraction of sp³-hybridized carbons (Fsp3) is 0.800. The van der Waals surface area contributed by atoms with Crippen molar-refractivity contribution in [3.63, 3.8) is 0 Å². The van der Waals surface area contributed by atoms with Gasteiger partial charge in [-0.15, -0.1) is 0 Å². The Morgan fingerprint density at radius 1 is 1.70 bits per heavy atom. The van der Waals surface area contributed by atoms with Crippen molar-refractivity contribution in [2.45, 2.75) is 18.6 Å². The van der Waals surface area contributed by atoms with Gasteiger partial charge in [0.05, 0.1) is 6.10 Å². The van der Waals surface area contributed by atoms with E-state index in [0.29, 0.717) is 0 Å². The predicted molar refractivity (Wildman–Crippen MR) is 34.6 cm³/mol. The van der Waals surface area contributed by atoms with Crippen LogP contribution in [0.5, 0.6) is 0 Å². The standard InChI is InChI=1S/C5H8ClNO3/c6-7-2-3(8)1-4(7)5(9)10/h3-4,8H,1-2H2,(H,9,10)/t3-,4+/m1/s1. The molecule has 0 unspecified atom stereocenters. The van der Waals surface area contributed by atoms with Gasteiger partial charge in [0.25, 0.3) is 0 Å². The highest BCUT2D eigenvalue weighted by molar-refractivity contribution is 6.15. The van der Waals surface area contributed by atoms with Crippen LogP contribution in [0.1, 0.15) is 6.42 Å². The number of aliphatic hydroxyl groups is 1. The third-order valence-corrected chi connectivity index (χ3v) is 1.88. The summed E-state index contributed by atoms with van der Waals surface area (Å²) in [5, 5.41) is 17.4. The van der Waals surface area contributed by atoms with E-state index in [1.807, 2.05) is 0 Å². The van der Waals surface area contributed by atoms with Crippen LogP contribution in [0.4, 0.5) is 0 Å². The van der Waals surface area contributed by atoms with Crippen LogP contribution in [0.15, 0.2) is 0 Å². The molecule has 2 atom stereocenters. The second-order valence-electron chi connectivity index (χ2n) is 2.33. The maximum Gasteiger partial charge on any atom is 0.322 e. The largest absolute Gasteiger partial charge is 0.480 e. The molecule has 1 rings (SSSR count). The molecule has 58 valence electrons. The molecule has 0 radical (unpaired) electrons. The summed E-state index contributed by atoms with van der Waals surface area (Å²) in [4.78, 5) is 10.3. The molecule has 5 heteroatoms. The van der Waals surface area contributed by atoms with E-state index >= 15 is 0 Å². The van der Waals surface area contributed by atoms with Crippen LogP contribution in [0.3, 0.4) is 0 Å². The predicted octanol–water partition coefficient (Wildman–Crippen LogP) is -0.340. The first-order valence-corrected chi connectivity index (χ1v) is 3.28. The summed E-state index contributed by atoms with van der Waals surface area (Å²) < 4.78 is 1.12. The number of hydrogen-bond acceptors (Lipinski definition) is 3. The van der Waals surface area contributed by atoms with E-state index in [4.69, 9.17) is 22.0 Å². The van der Waals surface area contributed by atoms with E-state index in [1.165, 1.54) is 0 Å². The third-order valence-electron chi connectivity index (χ3n) is 1.50. The third kappa shape index (κ3) is 1.39. The van der Waals surface area contributed by atoms with Gasteiger partial charge in [0, 0.05) is 13.0 Å². The van der Waals surface area contributed by atoms with Gasteiger partial charge < -0.3 is 10.2 Å². The molecule has 1 fully saturated rings. The molecule has 1 aliphatic heterocycles.